The summed E-state index contributed by atoms with van der Waals surface area (Å²) in [6.07, 6.45) is 1.53. The van der Waals surface area contributed by atoms with Gasteiger partial charge in [-0.2, -0.15) is 0 Å². The number of nitrogens with two attached hydrogens (primary N) is 1. The molecular weight excluding hydrogens is 314 g/mol. The molecule has 1 atom stereocenters. The number of aryl methyl sites for hydroxylation is 1. The molecule has 5 nitrogen and oxygen atoms in total. The van der Waals surface area contributed by atoms with E-state index in [9.17, 15) is 9.59 Å². The molecule has 0 aliphatic carbocycles. The van der Waals surface area contributed by atoms with Crippen molar-refractivity contribution in [3.05, 3.63) is 65.7 Å². The Morgan fingerprint density at radius 2 is 1.80 bits per heavy atom. The van der Waals surface area contributed by atoms with E-state index < -0.39 is 0 Å². The topological polar surface area (TPSA) is 75.4 Å². The van der Waals surface area contributed by atoms with Gasteiger partial charge in [0.15, 0.2) is 0 Å². The van der Waals surface area contributed by atoms with Gasteiger partial charge in [-0.05, 0) is 23.6 Å². The van der Waals surface area contributed by atoms with Crippen molar-refractivity contribution in [1.29, 1.82) is 0 Å². The third kappa shape index (κ3) is 4.25. The lowest BCUT2D eigenvalue weighted by atomic mass is 10.0. The molecule has 3 N–H and O–H groups in total. The van der Waals surface area contributed by atoms with Crippen molar-refractivity contribution < 1.29 is 9.59 Å². The smallest absolute Gasteiger partial charge is 0.227 e. The highest BCUT2D eigenvalue weighted by Gasteiger charge is 2.24. The van der Waals surface area contributed by atoms with E-state index in [2.05, 4.69) is 5.32 Å². The van der Waals surface area contributed by atoms with Gasteiger partial charge in [0.05, 0.1) is 0 Å². The van der Waals surface area contributed by atoms with Crippen LogP contribution >= 0.6 is 0 Å². The van der Waals surface area contributed by atoms with E-state index in [1.165, 1.54) is 0 Å². The highest BCUT2D eigenvalue weighted by Crippen LogP contribution is 2.27. The number of nitrogens with zero attached hydrogens (tertiary/aromatic N) is 1. The molecule has 1 heterocycles. The van der Waals surface area contributed by atoms with E-state index >= 15 is 0 Å². The fraction of sp³-hybridized carbons (Fsp3) is 0.300. The van der Waals surface area contributed by atoms with E-state index in [4.69, 9.17) is 5.73 Å². The molecule has 0 saturated heterocycles. The zero-order chi connectivity index (χ0) is 17.6. The first-order valence-corrected chi connectivity index (χ1v) is 8.60. The lowest BCUT2D eigenvalue weighted by molar-refractivity contribution is -0.121. The number of hydrogen-bond donors (Lipinski definition) is 2. The summed E-state index contributed by atoms with van der Waals surface area (Å²) >= 11 is 0. The minimum Gasteiger partial charge on any atom is -0.354 e. The Kier molecular flexibility index (Phi) is 5.46. The number of carbonyl (C=O) groups excluding carboxylic acids is 2. The van der Waals surface area contributed by atoms with Crippen molar-refractivity contribution in [3.8, 4) is 0 Å². The number of nitrogens with one attached hydrogen (secondary N) is 1. The maximum absolute atomic E-state index is 12.2. The Balaban J connectivity index is 1.52. The molecule has 1 aliphatic heterocycles. The quantitative estimate of drug-likeness (QED) is 0.848. The Labute approximate surface area is 147 Å². The van der Waals surface area contributed by atoms with Crippen LogP contribution in [0.5, 0.6) is 0 Å². The molecule has 0 bridgehead atoms. The highest BCUT2D eigenvalue weighted by atomic mass is 16.2. The predicted octanol–water partition coefficient (Wildman–Crippen LogP) is 2.17. The Morgan fingerprint density at radius 1 is 1.08 bits per heavy atom. The average Bonchev–Trinajstić information content (AvgIpc) is 2.66. The maximum Gasteiger partial charge on any atom is 0.227 e. The van der Waals surface area contributed by atoms with E-state index in [0.29, 0.717) is 19.5 Å². The van der Waals surface area contributed by atoms with Gasteiger partial charge in [-0.15, -0.1) is 0 Å². The lowest BCUT2D eigenvalue weighted by Crippen LogP contribution is -2.39. The van der Waals surface area contributed by atoms with Gasteiger partial charge in [0.1, 0.15) is 0 Å². The number of fused-ring (bicyclic) bond motifs is 1. The number of amides is 2. The predicted molar refractivity (Wildman–Crippen MR) is 98.1 cm³/mol. The van der Waals surface area contributed by atoms with Crippen LogP contribution in [0.1, 0.15) is 30.0 Å². The van der Waals surface area contributed by atoms with Gasteiger partial charge in [-0.25, -0.2) is 0 Å². The lowest BCUT2D eigenvalue weighted by Gasteiger charge is -2.29. The van der Waals surface area contributed by atoms with Crippen molar-refractivity contribution in [3.63, 3.8) is 0 Å². The summed E-state index contributed by atoms with van der Waals surface area (Å²) in [4.78, 5) is 26.0. The van der Waals surface area contributed by atoms with E-state index in [1.54, 1.807) is 4.90 Å². The van der Waals surface area contributed by atoms with Crippen molar-refractivity contribution in [1.82, 2.24) is 5.32 Å². The molecule has 3 rings (SSSR count). The van der Waals surface area contributed by atoms with Crippen LogP contribution in [-0.4, -0.2) is 24.9 Å². The molecule has 0 aromatic heterocycles. The normalized spacial score (nSPS) is 14.8. The summed E-state index contributed by atoms with van der Waals surface area (Å²) in [7, 11) is 0. The first-order valence-electron chi connectivity index (χ1n) is 8.60. The largest absolute Gasteiger partial charge is 0.354 e. The second-order valence-electron chi connectivity index (χ2n) is 6.25. The zero-order valence-electron chi connectivity index (χ0n) is 14.2. The Bertz CT molecular complexity index is 746. The zero-order valence-corrected chi connectivity index (χ0v) is 14.2. The molecule has 2 amide bonds. The first kappa shape index (κ1) is 17.2. The minimum absolute atomic E-state index is 0.0764. The molecule has 0 spiro atoms. The van der Waals surface area contributed by atoms with Gasteiger partial charge in [-0.3, -0.25) is 9.59 Å². The standard InChI is InChI=1S/C20H23N3O2/c21-17(15-6-2-1-3-7-15)14-22-19(24)12-13-23-18-9-5-4-8-16(18)10-11-20(23)25/h1-9,17H,10-14,21H2,(H,22,24). The fourth-order valence-corrected chi connectivity index (χ4v) is 3.09. The number of anilines is 1. The van der Waals surface area contributed by atoms with Gasteiger partial charge in [0, 0.05) is 37.7 Å². The van der Waals surface area contributed by atoms with Crippen LogP contribution in [0.25, 0.3) is 0 Å². The summed E-state index contributed by atoms with van der Waals surface area (Å²) in [5.41, 5.74) is 9.16. The minimum atomic E-state index is -0.234. The summed E-state index contributed by atoms with van der Waals surface area (Å²) in [6.45, 7) is 0.773. The number of rotatable bonds is 6. The third-order valence-corrected chi connectivity index (χ3v) is 4.50. The Morgan fingerprint density at radius 3 is 2.60 bits per heavy atom. The molecular formula is C20H23N3O2. The van der Waals surface area contributed by atoms with Crippen LogP contribution < -0.4 is 16.0 Å². The fourth-order valence-electron chi connectivity index (χ4n) is 3.09. The van der Waals surface area contributed by atoms with Crippen LogP contribution in [0.3, 0.4) is 0 Å². The van der Waals surface area contributed by atoms with Gasteiger partial charge < -0.3 is 16.0 Å². The van der Waals surface area contributed by atoms with Gasteiger partial charge in [0.25, 0.3) is 0 Å². The highest BCUT2D eigenvalue weighted by molar-refractivity contribution is 5.96. The third-order valence-electron chi connectivity index (χ3n) is 4.50. The molecule has 2 aromatic rings. The average molecular weight is 337 g/mol. The van der Waals surface area contributed by atoms with Gasteiger partial charge in [-0.1, -0.05) is 48.5 Å². The molecule has 0 saturated carbocycles. The van der Waals surface area contributed by atoms with Crippen LogP contribution in [0.4, 0.5) is 5.69 Å². The number of hydrogen-bond acceptors (Lipinski definition) is 3. The van der Waals surface area contributed by atoms with Crippen molar-refractivity contribution in [2.45, 2.75) is 25.3 Å². The van der Waals surface area contributed by atoms with E-state index in [1.807, 2.05) is 54.6 Å². The SMILES string of the molecule is NC(CNC(=O)CCN1C(=O)CCc2ccccc21)c1ccccc1. The summed E-state index contributed by atoms with van der Waals surface area (Å²) in [6, 6.07) is 17.3. The van der Waals surface area contributed by atoms with Crippen LogP contribution in [0.15, 0.2) is 54.6 Å². The molecule has 130 valence electrons. The monoisotopic (exact) mass is 337 g/mol. The number of para-hydroxylation sites is 1. The molecule has 0 radical (unpaired) electrons. The molecule has 25 heavy (non-hydrogen) atoms. The summed E-state index contributed by atoms with van der Waals surface area (Å²) < 4.78 is 0. The number of benzene rings is 2. The van der Waals surface area contributed by atoms with Crippen LogP contribution in [0.2, 0.25) is 0 Å². The second-order valence-corrected chi connectivity index (χ2v) is 6.25. The molecule has 2 aromatic carbocycles. The summed E-state index contributed by atoms with van der Waals surface area (Å²) in [5, 5.41) is 2.86. The van der Waals surface area contributed by atoms with Crippen LogP contribution in [0, 0.1) is 0 Å². The molecule has 1 aliphatic rings. The molecule has 0 fully saturated rings. The van der Waals surface area contributed by atoms with E-state index in [-0.39, 0.29) is 24.3 Å². The van der Waals surface area contributed by atoms with Crippen molar-refractivity contribution in [2.24, 2.45) is 5.73 Å². The van der Waals surface area contributed by atoms with E-state index in [0.717, 1.165) is 23.2 Å². The first-order chi connectivity index (χ1) is 12.1. The van der Waals surface area contributed by atoms with Crippen molar-refractivity contribution >= 4 is 17.5 Å². The van der Waals surface area contributed by atoms with Crippen molar-refractivity contribution in [2.75, 3.05) is 18.0 Å². The van der Waals surface area contributed by atoms with Gasteiger partial charge >= 0.3 is 0 Å². The molecule has 1 unspecified atom stereocenters. The summed E-state index contributed by atoms with van der Waals surface area (Å²) in [5.74, 6) is -0.0188. The van der Waals surface area contributed by atoms with Gasteiger partial charge in [0.2, 0.25) is 11.8 Å². The Hall–Kier alpha value is -2.66. The second kappa shape index (κ2) is 7.94. The number of carbonyl (C=O) groups is 2. The van der Waals surface area contributed by atoms with Crippen LogP contribution in [-0.2, 0) is 16.0 Å². The molecule has 5 heteroatoms. The maximum atomic E-state index is 12.2.